The minimum absolute atomic E-state index is 0.00260. The minimum Gasteiger partial charge on any atom is -0.497 e. The number of rotatable bonds is 5. The fraction of sp³-hybridized carbons (Fsp3) is 0.480. The third kappa shape index (κ3) is 4.87. The van der Waals surface area contributed by atoms with E-state index >= 15 is 0 Å². The highest BCUT2D eigenvalue weighted by atomic mass is 16.5. The molecule has 2 amide bonds. The van der Waals surface area contributed by atoms with Gasteiger partial charge in [0.1, 0.15) is 17.6 Å². The number of piperidine rings is 2. The number of hydrogen-bond donors (Lipinski definition) is 0. The number of carbonyl (C=O) groups is 2. The summed E-state index contributed by atoms with van der Waals surface area (Å²) in [6, 6.07) is 9.38. The van der Waals surface area contributed by atoms with E-state index in [0.717, 1.165) is 37.7 Å². The first-order valence-corrected chi connectivity index (χ1v) is 11.4. The molecular formula is C25H31N3O4. The van der Waals surface area contributed by atoms with Crippen molar-refractivity contribution < 1.29 is 19.1 Å². The van der Waals surface area contributed by atoms with Gasteiger partial charge in [0.25, 0.3) is 5.91 Å². The maximum Gasteiger partial charge on any atom is 0.258 e. The Labute approximate surface area is 189 Å². The van der Waals surface area contributed by atoms with Crippen molar-refractivity contribution in [1.82, 2.24) is 14.8 Å². The van der Waals surface area contributed by atoms with Gasteiger partial charge in [0.2, 0.25) is 5.91 Å². The lowest BCUT2D eigenvalue weighted by atomic mass is 9.95. The zero-order valence-corrected chi connectivity index (χ0v) is 18.8. The summed E-state index contributed by atoms with van der Waals surface area (Å²) in [5, 5.41) is 0. The molecule has 0 radical (unpaired) electrons. The molecule has 0 saturated carbocycles. The van der Waals surface area contributed by atoms with Gasteiger partial charge in [0, 0.05) is 51.8 Å². The maximum absolute atomic E-state index is 13.8. The van der Waals surface area contributed by atoms with Crippen LogP contribution in [0.2, 0.25) is 0 Å². The third-order valence-corrected chi connectivity index (χ3v) is 6.43. The molecule has 170 valence electrons. The molecule has 1 aromatic heterocycles. The zero-order valence-electron chi connectivity index (χ0n) is 18.8. The summed E-state index contributed by atoms with van der Waals surface area (Å²) >= 11 is 0. The molecular weight excluding hydrogens is 406 g/mol. The summed E-state index contributed by atoms with van der Waals surface area (Å²) in [5.74, 6) is 1.25. The summed E-state index contributed by atoms with van der Waals surface area (Å²) < 4.78 is 11.7. The van der Waals surface area contributed by atoms with Crippen molar-refractivity contribution in [2.24, 2.45) is 0 Å². The lowest BCUT2D eigenvalue weighted by Crippen LogP contribution is -2.41. The van der Waals surface area contributed by atoms with E-state index in [1.807, 2.05) is 40.3 Å². The Hall–Kier alpha value is -3.09. The monoisotopic (exact) mass is 437 g/mol. The molecule has 4 rings (SSSR count). The topological polar surface area (TPSA) is 72.0 Å². The molecule has 2 aliphatic rings. The molecule has 2 fully saturated rings. The first-order chi connectivity index (χ1) is 15.6. The maximum atomic E-state index is 13.8. The van der Waals surface area contributed by atoms with E-state index in [-0.39, 0.29) is 24.0 Å². The molecule has 0 unspecified atom stereocenters. The van der Waals surface area contributed by atoms with Crippen LogP contribution >= 0.6 is 0 Å². The Morgan fingerprint density at radius 3 is 2.56 bits per heavy atom. The summed E-state index contributed by atoms with van der Waals surface area (Å²) in [7, 11) is 1.60. The Morgan fingerprint density at radius 2 is 1.88 bits per heavy atom. The molecule has 0 N–H and O–H groups in total. The van der Waals surface area contributed by atoms with Crippen molar-refractivity contribution in [2.45, 2.75) is 51.2 Å². The van der Waals surface area contributed by atoms with E-state index in [1.165, 1.54) is 0 Å². The predicted octanol–water partition coefficient (Wildman–Crippen LogP) is 3.85. The van der Waals surface area contributed by atoms with Crippen LogP contribution in [0.15, 0.2) is 42.7 Å². The summed E-state index contributed by atoms with van der Waals surface area (Å²) in [6.07, 6.45) is 8.06. The van der Waals surface area contributed by atoms with Gasteiger partial charge in [-0.05, 0) is 49.1 Å². The van der Waals surface area contributed by atoms with Gasteiger partial charge in [-0.15, -0.1) is 0 Å². The SMILES string of the molecule is COc1ccc(OC2CCN(C(C)=O)CC2)c(C(=O)N2CCCC[C@H]2c2cccnc2)c1. The van der Waals surface area contributed by atoms with Crippen LogP contribution in [0.25, 0.3) is 0 Å². The van der Waals surface area contributed by atoms with Crippen LogP contribution in [0.3, 0.4) is 0 Å². The van der Waals surface area contributed by atoms with Gasteiger partial charge in [0.15, 0.2) is 0 Å². The van der Waals surface area contributed by atoms with Gasteiger partial charge in [-0.2, -0.15) is 0 Å². The summed E-state index contributed by atoms with van der Waals surface area (Å²) in [4.78, 5) is 33.4. The average Bonchev–Trinajstić information content (AvgIpc) is 2.84. The van der Waals surface area contributed by atoms with E-state index in [4.69, 9.17) is 9.47 Å². The van der Waals surface area contributed by atoms with Gasteiger partial charge in [-0.25, -0.2) is 0 Å². The molecule has 1 aromatic carbocycles. The predicted molar refractivity (Wildman–Crippen MR) is 121 cm³/mol. The third-order valence-electron chi connectivity index (χ3n) is 6.43. The van der Waals surface area contributed by atoms with Crippen molar-refractivity contribution in [1.29, 1.82) is 0 Å². The Kier molecular flexibility index (Phi) is 6.93. The average molecular weight is 438 g/mol. The molecule has 1 atom stereocenters. The number of aromatic nitrogens is 1. The number of nitrogens with zero attached hydrogens (tertiary/aromatic N) is 3. The van der Waals surface area contributed by atoms with E-state index in [9.17, 15) is 9.59 Å². The molecule has 2 aliphatic heterocycles. The van der Waals surface area contributed by atoms with Crippen molar-refractivity contribution in [3.63, 3.8) is 0 Å². The molecule has 32 heavy (non-hydrogen) atoms. The van der Waals surface area contributed by atoms with Crippen LogP contribution in [0.4, 0.5) is 0 Å². The zero-order chi connectivity index (χ0) is 22.5. The fourth-order valence-electron chi connectivity index (χ4n) is 4.62. The molecule has 7 heteroatoms. The van der Waals surface area contributed by atoms with Crippen LogP contribution in [0.1, 0.15) is 61.0 Å². The second kappa shape index (κ2) is 10.0. The largest absolute Gasteiger partial charge is 0.497 e. The second-order valence-corrected chi connectivity index (χ2v) is 8.48. The molecule has 0 spiro atoms. The number of likely N-dealkylation sites (tertiary alicyclic amines) is 2. The van der Waals surface area contributed by atoms with Crippen LogP contribution in [0.5, 0.6) is 11.5 Å². The molecule has 2 aromatic rings. The van der Waals surface area contributed by atoms with E-state index in [2.05, 4.69) is 4.98 Å². The molecule has 0 bridgehead atoms. The Morgan fingerprint density at radius 1 is 1.06 bits per heavy atom. The van der Waals surface area contributed by atoms with E-state index in [0.29, 0.717) is 36.7 Å². The first-order valence-electron chi connectivity index (χ1n) is 11.4. The highest BCUT2D eigenvalue weighted by Gasteiger charge is 2.31. The van der Waals surface area contributed by atoms with Crippen LogP contribution in [-0.2, 0) is 4.79 Å². The van der Waals surface area contributed by atoms with Gasteiger partial charge >= 0.3 is 0 Å². The van der Waals surface area contributed by atoms with Gasteiger partial charge in [0.05, 0.1) is 18.7 Å². The number of methoxy groups -OCH3 is 1. The minimum atomic E-state index is -0.0476. The first kappa shape index (κ1) is 22.1. The Balaban J connectivity index is 1.57. The van der Waals surface area contributed by atoms with Gasteiger partial charge < -0.3 is 19.3 Å². The smallest absolute Gasteiger partial charge is 0.258 e. The molecule has 0 aliphatic carbocycles. The molecule has 3 heterocycles. The van der Waals surface area contributed by atoms with Gasteiger partial charge in [-0.1, -0.05) is 6.07 Å². The Bertz CT molecular complexity index is 941. The highest BCUT2D eigenvalue weighted by molar-refractivity contribution is 5.97. The van der Waals surface area contributed by atoms with Crippen molar-refractivity contribution >= 4 is 11.8 Å². The standard InChI is InChI=1S/C25H31N3O4/c1-18(29)27-14-10-20(11-15-27)32-24-9-8-21(31-2)16-22(24)25(30)28-13-4-3-7-23(28)19-6-5-12-26-17-19/h5-6,8-9,12,16-17,20,23H,3-4,7,10-11,13-15H2,1-2H3/t23-/m0/s1. The van der Waals surface area contributed by atoms with E-state index < -0.39 is 0 Å². The number of hydrogen-bond acceptors (Lipinski definition) is 5. The quantitative estimate of drug-likeness (QED) is 0.711. The van der Waals surface area contributed by atoms with Crippen molar-refractivity contribution in [3.8, 4) is 11.5 Å². The summed E-state index contributed by atoms with van der Waals surface area (Å²) in [6.45, 7) is 3.65. The normalized spacial score (nSPS) is 19.5. The number of ether oxygens (including phenoxy) is 2. The van der Waals surface area contributed by atoms with Crippen LogP contribution in [-0.4, -0.2) is 59.4 Å². The van der Waals surface area contributed by atoms with Gasteiger partial charge in [-0.3, -0.25) is 14.6 Å². The van der Waals surface area contributed by atoms with Crippen molar-refractivity contribution in [3.05, 3.63) is 53.9 Å². The second-order valence-electron chi connectivity index (χ2n) is 8.48. The molecule has 2 saturated heterocycles. The lowest BCUT2D eigenvalue weighted by Gasteiger charge is -2.37. The van der Waals surface area contributed by atoms with Crippen molar-refractivity contribution in [2.75, 3.05) is 26.7 Å². The lowest BCUT2D eigenvalue weighted by molar-refractivity contribution is -0.130. The number of pyridine rings is 1. The number of amides is 2. The number of carbonyl (C=O) groups excluding carboxylic acids is 2. The van der Waals surface area contributed by atoms with Crippen LogP contribution in [0, 0.1) is 0 Å². The van der Waals surface area contributed by atoms with E-state index in [1.54, 1.807) is 26.3 Å². The highest BCUT2D eigenvalue weighted by Crippen LogP contribution is 2.35. The molecule has 7 nitrogen and oxygen atoms in total. The summed E-state index contributed by atoms with van der Waals surface area (Å²) in [5.41, 5.74) is 1.58. The fourth-order valence-corrected chi connectivity index (χ4v) is 4.62. The van der Waals surface area contributed by atoms with Crippen LogP contribution < -0.4 is 9.47 Å². The number of benzene rings is 1.